The first kappa shape index (κ1) is 18.2. The molecule has 2 aromatic rings. The zero-order valence-corrected chi connectivity index (χ0v) is 15.8. The highest BCUT2D eigenvalue weighted by Gasteiger charge is 2.17. The maximum atomic E-state index is 9.58. The minimum atomic E-state index is -0.320. The van der Waals surface area contributed by atoms with Gasteiger partial charge < -0.3 is 5.11 Å². The molecule has 1 saturated carbocycles. The maximum absolute atomic E-state index is 9.58. The standard InChI is InChI=1S/C21H31N3O/c1-16(25)13-23(2)14-20-15-24(3)22-21(20)19-11-9-18(10-12-19)17-7-5-4-6-8-17/h9-12,15-17,25H,4-8,13-14H2,1-3H3/t16-/m1/s1. The number of aliphatic hydroxyl groups is 1. The fraction of sp³-hybridized carbons (Fsp3) is 0.571. The molecular weight excluding hydrogens is 310 g/mol. The summed E-state index contributed by atoms with van der Waals surface area (Å²) in [7, 11) is 4.01. The third kappa shape index (κ3) is 4.71. The van der Waals surface area contributed by atoms with E-state index in [0.717, 1.165) is 18.2 Å². The number of rotatable bonds is 6. The number of hydrogen-bond acceptors (Lipinski definition) is 3. The van der Waals surface area contributed by atoms with Crippen LogP contribution in [0.3, 0.4) is 0 Å². The molecular formula is C21H31N3O. The van der Waals surface area contributed by atoms with Crippen LogP contribution in [0.4, 0.5) is 0 Å². The van der Waals surface area contributed by atoms with E-state index in [-0.39, 0.29) is 6.10 Å². The lowest BCUT2D eigenvalue weighted by Gasteiger charge is -2.22. The fourth-order valence-corrected chi connectivity index (χ4v) is 4.05. The van der Waals surface area contributed by atoms with Crippen molar-refractivity contribution < 1.29 is 5.11 Å². The first-order chi connectivity index (χ1) is 12.0. The molecule has 1 fully saturated rings. The van der Waals surface area contributed by atoms with Crippen molar-refractivity contribution in [3.63, 3.8) is 0 Å². The summed E-state index contributed by atoms with van der Waals surface area (Å²) in [5.74, 6) is 0.739. The Morgan fingerprint density at radius 2 is 1.88 bits per heavy atom. The molecule has 1 aromatic carbocycles. The highest BCUT2D eigenvalue weighted by atomic mass is 16.3. The second-order valence-electron chi connectivity index (χ2n) is 7.68. The first-order valence-electron chi connectivity index (χ1n) is 9.52. The van der Waals surface area contributed by atoms with Crippen molar-refractivity contribution in [2.75, 3.05) is 13.6 Å². The van der Waals surface area contributed by atoms with Gasteiger partial charge in [0.2, 0.25) is 0 Å². The van der Waals surface area contributed by atoms with Crippen molar-refractivity contribution in [2.24, 2.45) is 7.05 Å². The number of likely N-dealkylation sites (N-methyl/N-ethyl adjacent to an activating group) is 1. The maximum Gasteiger partial charge on any atom is 0.0968 e. The van der Waals surface area contributed by atoms with Gasteiger partial charge in [-0.1, -0.05) is 43.5 Å². The van der Waals surface area contributed by atoms with Gasteiger partial charge in [0.05, 0.1) is 11.8 Å². The van der Waals surface area contributed by atoms with Gasteiger partial charge in [0, 0.05) is 37.5 Å². The average molecular weight is 341 g/mol. The highest BCUT2D eigenvalue weighted by Crippen LogP contribution is 2.33. The molecule has 25 heavy (non-hydrogen) atoms. The molecule has 4 heteroatoms. The van der Waals surface area contributed by atoms with Crippen LogP contribution in [-0.4, -0.2) is 39.5 Å². The quantitative estimate of drug-likeness (QED) is 0.865. The lowest BCUT2D eigenvalue weighted by Crippen LogP contribution is -2.26. The molecule has 0 amide bonds. The topological polar surface area (TPSA) is 41.3 Å². The van der Waals surface area contributed by atoms with Crippen LogP contribution in [0.5, 0.6) is 0 Å². The Balaban J connectivity index is 1.77. The van der Waals surface area contributed by atoms with Crippen molar-refractivity contribution >= 4 is 0 Å². The Kier molecular flexibility index (Phi) is 5.92. The lowest BCUT2D eigenvalue weighted by molar-refractivity contribution is 0.138. The van der Waals surface area contributed by atoms with E-state index in [0.29, 0.717) is 6.54 Å². The van der Waals surface area contributed by atoms with Gasteiger partial charge in [-0.05, 0) is 38.3 Å². The summed E-state index contributed by atoms with van der Waals surface area (Å²) in [5, 5.41) is 14.3. The van der Waals surface area contributed by atoms with E-state index in [2.05, 4.69) is 40.5 Å². The summed E-state index contributed by atoms with van der Waals surface area (Å²) in [5.41, 5.74) is 4.92. The predicted octanol–water partition coefficient (Wildman–Crippen LogP) is 3.95. The van der Waals surface area contributed by atoms with Gasteiger partial charge in [0.15, 0.2) is 0 Å². The van der Waals surface area contributed by atoms with Crippen LogP contribution in [0.25, 0.3) is 11.3 Å². The summed E-state index contributed by atoms with van der Waals surface area (Å²) in [4.78, 5) is 2.14. The lowest BCUT2D eigenvalue weighted by atomic mass is 9.84. The normalized spacial score (nSPS) is 17.2. The number of benzene rings is 1. The SMILES string of the molecule is C[C@@H](O)CN(C)Cc1cn(C)nc1-c1ccc(C2CCCCC2)cc1. The van der Waals surface area contributed by atoms with Crippen LogP contribution in [0.2, 0.25) is 0 Å². The fourth-order valence-electron chi connectivity index (χ4n) is 4.05. The summed E-state index contributed by atoms with van der Waals surface area (Å²) in [6, 6.07) is 9.04. The molecule has 3 rings (SSSR count). The van der Waals surface area contributed by atoms with Crippen LogP contribution in [0, 0.1) is 0 Å². The zero-order chi connectivity index (χ0) is 17.8. The smallest absolute Gasteiger partial charge is 0.0968 e. The van der Waals surface area contributed by atoms with Crippen molar-refractivity contribution in [1.82, 2.24) is 14.7 Å². The monoisotopic (exact) mass is 341 g/mol. The van der Waals surface area contributed by atoms with Crippen LogP contribution < -0.4 is 0 Å². The van der Waals surface area contributed by atoms with Crippen molar-refractivity contribution in [2.45, 2.75) is 57.6 Å². The molecule has 0 spiro atoms. The number of aryl methyl sites for hydroxylation is 1. The van der Waals surface area contributed by atoms with Gasteiger partial charge in [-0.3, -0.25) is 9.58 Å². The van der Waals surface area contributed by atoms with Crippen LogP contribution in [0.1, 0.15) is 56.1 Å². The van der Waals surface area contributed by atoms with Crippen molar-refractivity contribution in [1.29, 1.82) is 0 Å². The molecule has 1 N–H and O–H groups in total. The molecule has 1 aromatic heterocycles. The van der Waals surface area contributed by atoms with E-state index in [1.807, 2.05) is 25.7 Å². The molecule has 1 atom stereocenters. The van der Waals surface area contributed by atoms with E-state index >= 15 is 0 Å². The number of aromatic nitrogens is 2. The van der Waals surface area contributed by atoms with Gasteiger partial charge in [0.1, 0.15) is 0 Å². The molecule has 1 aliphatic rings. The Bertz CT molecular complexity index is 669. The molecule has 0 unspecified atom stereocenters. The van der Waals surface area contributed by atoms with E-state index in [9.17, 15) is 5.11 Å². The highest BCUT2D eigenvalue weighted by molar-refractivity contribution is 5.63. The second kappa shape index (κ2) is 8.15. The summed E-state index contributed by atoms with van der Waals surface area (Å²) in [6.45, 7) is 3.28. The molecule has 0 aliphatic heterocycles. The van der Waals surface area contributed by atoms with Gasteiger partial charge in [-0.15, -0.1) is 0 Å². The van der Waals surface area contributed by atoms with Crippen LogP contribution in [-0.2, 0) is 13.6 Å². The Labute approximate surface area is 151 Å². The van der Waals surface area contributed by atoms with Crippen LogP contribution >= 0.6 is 0 Å². The van der Waals surface area contributed by atoms with Gasteiger partial charge in [-0.2, -0.15) is 5.10 Å². The Hall–Kier alpha value is -1.65. The van der Waals surface area contributed by atoms with E-state index < -0.39 is 0 Å². The van der Waals surface area contributed by atoms with Crippen molar-refractivity contribution in [3.05, 3.63) is 41.6 Å². The van der Waals surface area contributed by atoms with Crippen LogP contribution in [0.15, 0.2) is 30.5 Å². The number of hydrogen-bond donors (Lipinski definition) is 1. The average Bonchev–Trinajstić information content (AvgIpc) is 2.95. The minimum absolute atomic E-state index is 0.320. The molecule has 4 nitrogen and oxygen atoms in total. The Morgan fingerprint density at radius 3 is 2.52 bits per heavy atom. The molecule has 1 aliphatic carbocycles. The minimum Gasteiger partial charge on any atom is -0.392 e. The van der Waals surface area contributed by atoms with Gasteiger partial charge >= 0.3 is 0 Å². The summed E-state index contributed by atoms with van der Waals surface area (Å²) in [6.07, 6.45) is 8.56. The van der Waals surface area contributed by atoms with E-state index in [4.69, 9.17) is 0 Å². The molecule has 0 saturated heterocycles. The third-order valence-electron chi connectivity index (χ3n) is 5.18. The first-order valence-corrected chi connectivity index (χ1v) is 9.52. The van der Waals surface area contributed by atoms with Gasteiger partial charge in [0.25, 0.3) is 0 Å². The van der Waals surface area contributed by atoms with E-state index in [1.165, 1.54) is 48.8 Å². The van der Waals surface area contributed by atoms with Crippen molar-refractivity contribution in [3.8, 4) is 11.3 Å². The molecule has 136 valence electrons. The Morgan fingerprint density at radius 1 is 1.20 bits per heavy atom. The third-order valence-corrected chi connectivity index (χ3v) is 5.18. The van der Waals surface area contributed by atoms with Gasteiger partial charge in [-0.25, -0.2) is 0 Å². The number of nitrogens with zero attached hydrogens (tertiary/aromatic N) is 3. The summed E-state index contributed by atoms with van der Waals surface area (Å²) < 4.78 is 1.88. The summed E-state index contributed by atoms with van der Waals surface area (Å²) >= 11 is 0. The molecule has 0 radical (unpaired) electrons. The van der Waals surface area contributed by atoms with E-state index in [1.54, 1.807) is 0 Å². The molecule has 0 bridgehead atoms. The largest absolute Gasteiger partial charge is 0.392 e. The predicted molar refractivity (Wildman–Crippen MR) is 102 cm³/mol. The molecule has 1 heterocycles. The number of aliphatic hydroxyl groups excluding tert-OH is 1. The zero-order valence-electron chi connectivity index (χ0n) is 15.8. The second-order valence-corrected chi connectivity index (χ2v) is 7.68.